The van der Waals surface area contributed by atoms with Gasteiger partial charge in [0.05, 0.1) is 25.4 Å². The minimum absolute atomic E-state index is 0.593. The van der Waals surface area contributed by atoms with Crippen molar-refractivity contribution in [2.45, 2.75) is 25.7 Å². The predicted octanol–water partition coefficient (Wildman–Crippen LogP) is 8.15. The van der Waals surface area contributed by atoms with Crippen molar-refractivity contribution < 1.29 is 13.8 Å². The van der Waals surface area contributed by atoms with E-state index in [1.54, 1.807) is 30.3 Å². The number of hydrogen-bond acceptors (Lipinski definition) is 6. The zero-order valence-electron chi connectivity index (χ0n) is 17.2. The van der Waals surface area contributed by atoms with Crippen LogP contribution in [0, 0.1) is 0 Å². The molecule has 8 heteroatoms. The molecule has 0 N–H and O–H groups in total. The van der Waals surface area contributed by atoms with Crippen LogP contribution < -0.4 is 4.74 Å². The standard InChI is InChI=1S/C11H16ClO2PS3.C10H12O/c1-3-13-15(16,14-4-2)18-9-17-11-7-5-10(12)6-8-11;1-3-4-9-5-7-10(11-2)8-6-9/h5-8H,3-4,9H2,1-2H3;3-8H,1-2H3/b;4-3+. The number of benzene rings is 2. The summed E-state index contributed by atoms with van der Waals surface area (Å²) >= 11 is 14.6. The molecule has 0 aliphatic heterocycles. The summed E-state index contributed by atoms with van der Waals surface area (Å²) in [6.45, 7) is 7.07. The second-order valence-corrected chi connectivity index (χ2v) is 13.6. The third kappa shape index (κ3) is 11.5. The summed E-state index contributed by atoms with van der Waals surface area (Å²) in [7, 11) is 1.67. The van der Waals surface area contributed by atoms with E-state index in [4.69, 9.17) is 37.2 Å². The lowest BCUT2D eigenvalue weighted by Crippen LogP contribution is -1.92. The molecule has 2 aromatic rings. The van der Waals surface area contributed by atoms with Gasteiger partial charge in [0, 0.05) is 9.92 Å². The number of allylic oxidation sites excluding steroid dienone is 1. The van der Waals surface area contributed by atoms with Gasteiger partial charge in [-0.25, -0.2) is 0 Å². The van der Waals surface area contributed by atoms with Gasteiger partial charge in [-0.1, -0.05) is 47.3 Å². The molecule has 0 saturated carbocycles. The molecular formula is C21H28ClO3PS3. The molecule has 2 rings (SSSR count). The quantitative estimate of drug-likeness (QED) is 0.189. The Labute approximate surface area is 193 Å². The Morgan fingerprint density at radius 2 is 1.59 bits per heavy atom. The second-order valence-electron chi connectivity index (χ2n) is 5.40. The van der Waals surface area contributed by atoms with Gasteiger partial charge in [-0.3, -0.25) is 0 Å². The first-order chi connectivity index (χ1) is 14.0. The van der Waals surface area contributed by atoms with E-state index < -0.39 is 5.69 Å². The Kier molecular flexibility index (Phi) is 14.1. The van der Waals surface area contributed by atoms with E-state index in [9.17, 15) is 0 Å². The first-order valence-corrected chi connectivity index (χ1v) is 14.7. The maximum atomic E-state index is 5.84. The topological polar surface area (TPSA) is 27.7 Å². The van der Waals surface area contributed by atoms with E-state index >= 15 is 0 Å². The molecule has 0 saturated heterocycles. The summed E-state index contributed by atoms with van der Waals surface area (Å²) in [5, 5.41) is 1.57. The van der Waals surface area contributed by atoms with Crippen molar-refractivity contribution in [2.75, 3.05) is 25.4 Å². The van der Waals surface area contributed by atoms with Crippen molar-refractivity contribution in [1.82, 2.24) is 0 Å². The van der Waals surface area contributed by atoms with Crippen molar-refractivity contribution in [3.05, 3.63) is 65.2 Å². The number of methoxy groups -OCH3 is 1. The monoisotopic (exact) mass is 490 g/mol. The van der Waals surface area contributed by atoms with Gasteiger partial charge in [0.2, 0.25) is 5.69 Å². The highest BCUT2D eigenvalue weighted by atomic mass is 35.5. The minimum atomic E-state index is -2.16. The highest BCUT2D eigenvalue weighted by molar-refractivity contribution is 8.69. The van der Waals surface area contributed by atoms with Crippen molar-refractivity contribution >= 4 is 58.3 Å². The van der Waals surface area contributed by atoms with Crippen LogP contribution in [-0.4, -0.2) is 25.4 Å². The summed E-state index contributed by atoms with van der Waals surface area (Å²) in [4.78, 5) is 1.17. The van der Waals surface area contributed by atoms with Crippen LogP contribution in [0.1, 0.15) is 26.3 Å². The first-order valence-electron chi connectivity index (χ1n) is 9.15. The van der Waals surface area contributed by atoms with Crippen LogP contribution in [-0.2, 0) is 20.9 Å². The largest absolute Gasteiger partial charge is 0.497 e. The Morgan fingerprint density at radius 3 is 2.07 bits per heavy atom. The molecule has 0 aromatic heterocycles. The van der Waals surface area contributed by atoms with Crippen LogP contribution in [0.15, 0.2) is 59.5 Å². The third-order valence-electron chi connectivity index (χ3n) is 3.30. The smallest absolute Gasteiger partial charge is 0.248 e. The fourth-order valence-corrected chi connectivity index (χ4v) is 9.12. The van der Waals surface area contributed by atoms with Gasteiger partial charge in [-0.15, -0.1) is 11.8 Å². The molecule has 0 radical (unpaired) electrons. The van der Waals surface area contributed by atoms with Crippen LogP contribution in [0.25, 0.3) is 6.08 Å². The summed E-state index contributed by atoms with van der Waals surface area (Å²) in [6, 6.07) is 15.7. The van der Waals surface area contributed by atoms with Gasteiger partial charge in [0.1, 0.15) is 5.75 Å². The average molecular weight is 491 g/mol. The van der Waals surface area contributed by atoms with Crippen LogP contribution in [0.4, 0.5) is 0 Å². The normalized spacial score (nSPS) is 11.2. The fraction of sp³-hybridized carbons (Fsp3) is 0.333. The van der Waals surface area contributed by atoms with Crippen LogP contribution in [0.3, 0.4) is 0 Å². The van der Waals surface area contributed by atoms with Gasteiger partial charge in [-0.05, 0) is 74.5 Å². The summed E-state index contributed by atoms with van der Waals surface area (Å²) in [5.74, 6) is 0.901. The van der Waals surface area contributed by atoms with Crippen molar-refractivity contribution in [2.24, 2.45) is 0 Å². The minimum Gasteiger partial charge on any atom is -0.497 e. The molecule has 0 atom stereocenters. The van der Waals surface area contributed by atoms with Crippen molar-refractivity contribution in [3.63, 3.8) is 0 Å². The molecule has 0 bridgehead atoms. The average Bonchev–Trinajstić information content (AvgIpc) is 2.71. The molecule has 29 heavy (non-hydrogen) atoms. The van der Waals surface area contributed by atoms with E-state index in [-0.39, 0.29) is 0 Å². The summed E-state index contributed by atoms with van der Waals surface area (Å²) in [5.41, 5.74) is -0.961. The second kappa shape index (κ2) is 15.4. The first kappa shape index (κ1) is 26.6. The molecule has 0 heterocycles. The highest BCUT2D eigenvalue weighted by Crippen LogP contribution is 2.62. The van der Waals surface area contributed by atoms with E-state index in [1.807, 2.05) is 75.4 Å². The highest BCUT2D eigenvalue weighted by Gasteiger charge is 2.18. The van der Waals surface area contributed by atoms with Crippen molar-refractivity contribution in [3.8, 4) is 5.75 Å². The van der Waals surface area contributed by atoms with E-state index in [2.05, 4.69) is 6.08 Å². The van der Waals surface area contributed by atoms with Crippen LogP contribution >= 0.6 is 40.4 Å². The zero-order valence-corrected chi connectivity index (χ0v) is 21.3. The molecule has 0 fully saturated rings. The molecule has 0 spiro atoms. The van der Waals surface area contributed by atoms with Gasteiger partial charge >= 0.3 is 0 Å². The maximum Gasteiger partial charge on any atom is 0.248 e. The third-order valence-corrected chi connectivity index (χ3v) is 10.6. The van der Waals surface area contributed by atoms with E-state index in [0.717, 1.165) is 15.9 Å². The molecule has 3 nitrogen and oxygen atoms in total. The van der Waals surface area contributed by atoms with Gasteiger partial charge in [0.15, 0.2) is 0 Å². The molecule has 0 unspecified atom stereocenters. The molecule has 2 aromatic carbocycles. The van der Waals surface area contributed by atoms with Crippen LogP contribution in [0.5, 0.6) is 5.75 Å². The molecule has 0 amide bonds. The molecular weight excluding hydrogens is 463 g/mol. The lowest BCUT2D eigenvalue weighted by molar-refractivity contribution is 0.280. The Hall–Kier alpha value is -0.460. The zero-order chi connectivity index (χ0) is 21.5. The van der Waals surface area contributed by atoms with Crippen LogP contribution in [0.2, 0.25) is 5.02 Å². The molecule has 0 aliphatic rings. The molecule has 160 valence electrons. The van der Waals surface area contributed by atoms with Crippen molar-refractivity contribution in [1.29, 1.82) is 0 Å². The number of rotatable bonds is 10. The van der Waals surface area contributed by atoms with Gasteiger partial charge in [-0.2, -0.15) is 0 Å². The molecule has 0 aliphatic carbocycles. The lowest BCUT2D eigenvalue weighted by atomic mass is 10.2. The predicted molar refractivity (Wildman–Crippen MR) is 135 cm³/mol. The van der Waals surface area contributed by atoms with E-state index in [1.165, 1.54) is 10.5 Å². The lowest BCUT2D eigenvalue weighted by Gasteiger charge is -2.19. The number of thioether (sulfide) groups is 1. The Bertz CT molecular complexity index is 758. The summed E-state index contributed by atoms with van der Waals surface area (Å²) < 4.78 is 16.1. The maximum absolute atomic E-state index is 5.84. The van der Waals surface area contributed by atoms with E-state index in [0.29, 0.717) is 13.2 Å². The Morgan fingerprint density at radius 1 is 1.00 bits per heavy atom. The van der Waals surface area contributed by atoms with Gasteiger partial charge < -0.3 is 13.8 Å². The fourth-order valence-electron chi connectivity index (χ4n) is 2.03. The van der Waals surface area contributed by atoms with Gasteiger partial charge in [0.25, 0.3) is 0 Å². The SMILES string of the molecule is C/C=C/c1ccc(OC)cc1.CCOP(=S)(OCC)SCSc1ccc(Cl)cc1. The number of ether oxygens (including phenoxy) is 1. The Balaban J connectivity index is 0.000000326. The summed E-state index contributed by atoms with van der Waals surface area (Å²) in [6.07, 6.45) is 4.07. The number of hydrogen-bond donors (Lipinski definition) is 0. The number of halogens is 1.